The van der Waals surface area contributed by atoms with E-state index in [1.165, 1.54) is 0 Å². The third-order valence-corrected chi connectivity index (χ3v) is 6.79. The molecule has 0 bridgehead atoms. The summed E-state index contributed by atoms with van der Waals surface area (Å²) in [6.45, 7) is 3.77. The molecule has 1 aliphatic carbocycles. The number of nitrogens with zero attached hydrogens (tertiary/aromatic N) is 2. The van der Waals surface area contributed by atoms with E-state index in [0.717, 1.165) is 29.0 Å². The third kappa shape index (κ3) is 5.20. The Bertz CT molecular complexity index is 1040. The van der Waals surface area contributed by atoms with Crippen LogP contribution in [0.4, 0.5) is 4.79 Å². The molecule has 2 fully saturated rings. The van der Waals surface area contributed by atoms with Crippen LogP contribution in [0.3, 0.4) is 0 Å². The summed E-state index contributed by atoms with van der Waals surface area (Å²) in [6, 6.07) is 17.0. The fourth-order valence-electron chi connectivity index (χ4n) is 4.30. The van der Waals surface area contributed by atoms with Gasteiger partial charge in [-0.25, -0.2) is 4.79 Å². The van der Waals surface area contributed by atoms with Gasteiger partial charge in [0, 0.05) is 17.1 Å². The van der Waals surface area contributed by atoms with Crippen LogP contribution in [0.1, 0.15) is 50.3 Å². The minimum atomic E-state index is -1.07. The largest absolute Gasteiger partial charge is 0.344 e. The Kier molecular flexibility index (Phi) is 6.72. The van der Waals surface area contributed by atoms with E-state index in [0.29, 0.717) is 17.9 Å². The molecule has 1 saturated carbocycles. The van der Waals surface area contributed by atoms with Crippen molar-refractivity contribution in [1.82, 2.24) is 20.7 Å². The Morgan fingerprint density at radius 3 is 2.52 bits per heavy atom. The number of urea groups is 1. The number of imide groups is 1. The molecule has 2 N–H and O–H groups in total. The molecule has 2 aromatic rings. The number of amides is 4. The second-order valence-corrected chi connectivity index (χ2v) is 9.43. The van der Waals surface area contributed by atoms with Crippen LogP contribution in [-0.2, 0) is 16.0 Å². The molecule has 1 saturated heterocycles. The van der Waals surface area contributed by atoms with Gasteiger partial charge in [-0.15, -0.1) is 0 Å². The topological polar surface area (TPSA) is 81.8 Å². The van der Waals surface area contributed by atoms with Gasteiger partial charge in [0.2, 0.25) is 0 Å². The Labute approximate surface area is 199 Å². The Morgan fingerprint density at radius 2 is 1.85 bits per heavy atom. The second kappa shape index (κ2) is 9.53. The molecule has 0 radical (unpaired) electrons. The number of benzene rings is 2. The fourth-order valence-corrected chi connectivity index (χ4v) is 4.59. The van der Waals surface area contributed by atoms with E-state index in [2.05, 4.69) is 15.6 Å². The molecule has 4 amide bonds. The standard InChI is InChI=1S/C25H29ClN4O3/c1-17(20-10-6-7-11-21(20)26)29(19-12-13-19)16-22(31)28-30-23(32)25(2,27-24(30)33)15-14-18-8-4-3-5-9-18/h3-11,17,19H,12-16H2,1-2H3,(H,27,33)(H,28,31). The predicted octanol–water partition coefficient (Wildman–Crippen LogP) is 3.84. The zero-order valence-corrected chi connectivity index (χ0v) is 19.6. The first kappa shape index (κ1) is 23.3. The van der Waals surface area contributed by atoms with Gasteiger partial charge in [-0.05, 0) is 56.7 Å². The molecule has 1 aliphatic heterocycles. The smallest absolute Gasteiger partial charge is 0.322 e. The van der Waals surface area contributed by atoms with Crippen LogP contribution >= 0.6 is 11.6 Å². The summed E-state index contributed by atoms with van der Waals surface area (Å²) in [4.78, 5) is 40.5. The molecular formula is C25H29ClN4O3. The van der Waals surface area contributed by atoms with Crippen molar-refractivity contribution in [1.29, 1.82) is 0 Å². The van der Waals surface area contributed by atoms with Gasteiger partial charge in [-0.1, -0.05) is 60.1 Å². The first-order valence-corrected chi connectivity index (χ1v) is 11.7. The molecule has 4 rings (SSSR count). The molecule has 0 spiro atoms. The number of hydrogen-bond acceptors (Lipinski definition) is 4. The summed E-state index contributed by atoms with van der Waals surface area (Å²) in [6.07, 6.45) is 3.08. The Hall–Kier alpha value is -2.90. The van der Waals surface area contributed by atoms with Gasteiger partial charge < -0.3 is 5.32 Å². The highest BCUT2D eigenvalue weighted by Crippen LogP contribution is 2.36. The second-order valence-electron chi connectivity index (χ2n) is 9.02. The maximum absolute atomic E-state index is 13.0. The summed E-state index contributed by atoms with van der Waals surface area (Å²) in [5, 5.41) is 4.21. The molecule has 174 valence electrons. The lowest BCUT2D eigenvalue weighted by molar-refractivity contribution is -0.139. The van der Waals surface area contributed by atoms with E-state index in [-0.39, 0.29) is 18.6 Å². The molecule has 2 unspecified atom stereocenters. The van der Waals surface area contributed by atoms with E-state index in [1.54, 1.807) is 6.92 Å². The number of carbonyl (C=O) groups excluding carboxylic acids is 3. The first-order valence-electron chi connectivity index (χ1n) is 11.3. The van der Waals surface area contributed by atoms with E-state index in [9.17, 15) is 14.4 Å². The highest BCUT2D eigenvalue weighted by Gasteiger charge is 2.48. The number of aryl methyl sites for hydroxylation is 1. The van der Waals surface area contributed by atoms with Gasteiger partial charge in [0.05, 0.1) is 6.54 Å². The van der Waals surface area contributed by atoms with Gasteiger partial charge >= 0.3 is 6.03 Å². The highest BCUT2D eigenvalue weighted by atomic mass is 35.5. The number of rotatable bonds is 9. The average Bonchev–Trinajstić information content (AvgIpc) is 3.62. The number of hydrogen-bond donors (Lipinski definition) is 2. The number of nitrogens with one attached hydrogen (secondary N) is 2. The summed E-state index contributed by atoms with van der Waals surface area (Å²) >= 11 is 6.37. The molecule has 33 heavy (non-hydrogen) atoms. The Morgan fingerprint density at radius 1 is 1.18 bits per heavy atom. The van der Waals surface area contributed by atoms with Gasteiger partial charge in [0.25, 0.3) is 11.8 Å². The molecule has 7 nitrogen and oxygen atoms in total. The SMILES string of the molecule is CC(c1ccccc1Cl)N(CC(=O)NN1C(=O)NC(C)(CCc2ccccc2)C1=O)C1CC1. The zero-order chi connectivity index (χ0) is 23.6. The van der Waals surface area contributed by atoms with Crippen LogP contribution < -0.4 is 10.7 Å². The lowest BCUT2D eigenvalue weighted by Gasteiger charge is -2.30. The first-order chi connectivity index (χ1) is 15.8. The number of carbonyl (C=O) groups is 3. The normalized spacial score (nSPS) is 21.3. The zero-order valence-electron chi connectivity index (χ0n) is 18.9. The minimum Gasteiger partial charge on any atom is -0.322 e. The van der Waals surface area contributed by atoms with Crippen molar-refractivity contribution in [3.05, 3.63) is 70.7 Å². The van der Waals surface area contributed by atoms with E-state index in [4.69, 9.17) is 11.6 Å². The van der Waals surface area contributed by atoms with Crippen molar-refractivity contribution in [3.8, 4) is 0 Å². The quantitative estimate of drug-likeness (QED) is 0.548. The summed E-state index contributed by atoms with van der Waals surface area (Å²) in [5.74, 6) is -0.856. The molecule has 8 heteroatoms. The maximum Gasteiger partial charge on any atom is 0.344 e. The van der Waals surface area contributed by atoms with E-state index >= 15 is 0 Å². The van der Waals surface area contributed by atoms with E-state index < -0.39 is 23.4 Å². The van der Waals surface area contributed by atoms with Crippen molar-refractivity contribution in [2.45, 2.75) is 57.2 Å². The van der Waals surface area contributed by atoms with Crippen molar-refractivity contribution < 1.29 is 14.4 Å². The van der Waals surface area contributed by atoms with Crippen LogP contribution in [0.5, 0.6) is 0 Å². The fraction of sp³-hybridized carbons (Fsp3) is 0.400. The van der Waals surface area contributed by atoms with Gasteiger partial charge in [0.15, 0.2) is 0 Å². The summed E-state index contributed by atoms with van der Waals surface area (Å²) in [7, 11) is 0. The van der Waals surface area contributed by atoms with Crippen LogP contribution in [0.25, 0.3) is 0 Å². The molecule has 1 heterocycles. The molecule has 0 aromatic heterocycles. The van der Waals surface area contributed by atoms with Crippen LogP contribution in [0, 0.1) is 0 Å². The molecule has 2 atom stereocenters. The van der Waals surface area contributed by atoms with Gasteiger partial charge in [-0.3, -0.25) is 19.9 Å². The van der Waals surface area contributed by atoms with Crippen molar-refractivity contribution in [2.24, 2.45) is 0 Å². The third-order valence-electron chi connectivity index (χ3n) is 6.45. The van der Waals surface area contributed by atoms with Crippen LogP contribution in [-0.4, -0.2) is 45.9 Å². The van der Waals surface area contributed by atoms with Crippen LogP contribution in [0.2, 0.25) is 5.02 Å². The number of hydrazine groups is 1. The monoisotopic (exact) mass is 468 g/mol. The van der Waals surface area contributed by atoms with Gasteiger partial charge in [-0.2, -0.15) is 5.01 Å². The molecule has 2 aliphatic rings. The predicted molar refractivity (Wildman–Crippen MR) is 126 cm³/mol. The lowest BCUT2D eigenvalue weighted by Crippen LogP contribution is -2.51. The van der Waals surface area contributed by atoms with Crippen molar-refractivity contribution >= 4 is 29.4 Å². The minimum absolute atomic E-state index is 0.0643. The average molecular weight is 469 g/mol. The lowest BCUT2D eigenvalue weighted by atomic mass is 9.93. The molecular weight excluding hydrogens is 440 g/mol. The van der Waals surface area contributed by atoms with E-state index in [1.807, 2.05) is 61.5 Å². The summed E-state index contributed by atoms with van der Waals surface area (Å²) < 4.78 is 0. The Balaban J connectivity index is 1.39. The molecule has 2 aromatic carbocycles. The van der Waals surface area contributed by atoms with Crippen LogP contribution in [0.15, 0.2) is 54.6 Å². The van der Waals surface area contributed by atoms with Gasteiger partial charge in [0.1, 0.15) is 5.54 Å². The number of halogens is 1. The van der Waals surface area contributed by atoms with Crippen molar-refractivity contribution in [3.63, 3.8) is 0 Å². The highest BCUT2D eigenvalue weighted by molar-refractivity contribution is 6.31. The van der Waals surface area contributed by atoms with Crippen molar-refractivity contribution in [2.75, 3.05) is 6.54 Å². The maximum atomic E-state index is 13.0. The summed E-state index contributed by atoms with van der Waals surface area (Å²) in [5.41, 5.74) is 3.48.